The number of hydrogen-bond acceptors (Lipinski definition) is 4. The molecule has 0 atom stereocenters. The molecule has 108 valence electrons. The Labute approximate surface area is 121 Å². The smallest absolute Gasteiger partial charge is 0.282 e. The average molecular weight is 286 g/mol. The van der Waals surface area contributed by atoms with Crippen molar-refractivity contribution in [2.45, 2.75) is 6.92 Å². The number of nitrogens with zero attached hydrogens (tertiary/aromatic N) is 1. The first-order valence-electron chi connectivity index (χ1n) is 6.22. The second kappa shape index (κ2) is 6.04. The first kappa shape index (κ1) is 14.5. The third-order valence-electron chi connectivity index (χ3n) is 3.04. The summed E-state index contributed by atoms with van der Waals surface area (Å²) in [6.07, 6.45) is 0. The van der Waals surface area contributed by atoms with Gasteiger partial charge in [0.1, 0.15) is 11.3 Å². The first-order chi connectivity index (χ1) is 10.0. The van der Waals surface area contributed by atoms with Crippen LogP contribution in [0.25, 0.3) is 0 Å². The van der Waals surface area contributed by atoms with Gasteiger partial charge in [-0.25, -0.2) is 0 Å². The van der Waals surface area contributed by atoms with Gasteiger partial charge in [0.15, 0.2) is 0 Å². The van der Waals surface area contributed by atoms with Crippen LogP contribution in [0.4, 0.5) is 11.4 Å². The lowest BCUT2D eigenvalue weighted by atomic mass is 10.1. The Hall–Kier alpha value is -2.89. The Morgan fingerprint density at radius 1 is 1.24 bits per heavy atom. The Kier molecular flexibility index (Phi) is 4.18. The number of carbonyl (C=O) groups excluding carboxylic acids is 1. The maximum absolute atomic E-state index is 12.3. The number of para-hydroxylation sites is 1. The molecule has 1 amide bonds. The molecule has 2 aromatic rings. The number of ether oxygens (including phenoxy) is 1. The van der Waals surface area contributed by atoms with Crippen LogP contribution >= 0.6 is 0 Å². The predicted molar refractivity (Wildman–Crippen MR) is 78.8 cm³/mol. The van der Waals surface area contributed by atoms with Gasteiger partial charge in [-0.05, 0) is 30.7 Å². The van der Waals surface area contributed by atoms with Gasteiger partial charge in [-0.2, -0.15) is 0 Å². The van der Waals surface area contributed by atoms with E-state index in [1.165, 1.54) is 25.3 Å². The van der Waals surface area contributed by atoms with Crippen molar-refractivity contribution in [2.75, 3.05) is 12.4 Å². The third kappa shape index (κ3) is 3.17. The molecule has 6 heteroatoms. The van der Waals surface area contributed by atoms with Gasteiger partial charge in [0.05, 0.1) is 12.0 Å². The predicted octanol–water partition coefficient (Wildman–Crippen LogP) is 3.16. The number of rotatable bonds is 4. The highest BCUT2D eigenvalue weighted by Gasteiger charge is 2.21. The number of nitro benzene ring substituents is 1. The summed E-state index contributed by atoms with van der Waals surface area (Å²) in [5, 5.41) is 13.7. The summed E-state index contributed by atoms with van der Waals surface area (Å²) in [4.78, 5) is 22.7. The topological polar surface area (TPSA) is 81.5 Å². The first-order valence-corrected chi connectivity index (χ1v) is 6.22. The zero-order valence-electron chi connectivity index (χ0n) is 11.6. The zero-order valence-corrected chi connectivity index (χ0v) is 11.6. The Balaban J connectivity index is 2.38. The number of anilines is 1. The van der Waals surface area contributed by atoms with E-state index in [0.29, 0.717) is 11.4 Å². The molecule has 0 aliphatic rings. The van der Waals surface area contributed by atoms with Gasteiger partial charge < -0.3 is 10.1 Å². The summed E-state index contributed by atoms with van der Waals surface area (Å²) in [5.41, 5.74) is 1.18. The van der Waals surface area contributed by atoms with E-state index in [9.17, 15) is 14.9 Å². The molecule has 0 spiro atoms. The number of methoxy groups -OCH3 is 1. The summed E-state index contributed by atoms with van der Waals surface area (Å²) in [7, 11) is 1.43. The molecule has 0 aliphatic heterocycles. The minimum Gasteiger partial charge on any atom is -0.497 e. The van der Waals surface area contributed by atoms with Crippen LogP contribution in [0.3, 0.4) is 0 Å². The SMILES string of the molecule is COc1ccc([N+](=O)[O-])c(C(=O)Nc2ccccc2C)c1. The van der Waals surface area contributed by atoms with E-state index in [2.05, 4.69) is 5.32 Å². The number of nitro groups is 1. The number of aryl methyl sites for hydroxylation is 1. The minimum atomic E-state index is -0.591. The molecule has 2 aromatic carbocycles. The summed E-state index contributed by atoms with van der Waals surface area (Å²) in [6.45, 7) is 1.84. The molecule has 0 unspecified atom stereocenters. The van der Waals surface area contributed by atoms with E-state index in [4.69, 9.17) is 4.74 Å². The standard InChI is InChI=1S/C15H14N2O4/c1-10-5-3-4-6-13(10)16-15(18)12-9-11(21-2)7-8-14(12)17(19)20/h3-9H,1-2H3,(H,16,18). The molecule has 6 nitrogen and oxygen atoms in total. The third-order valence-corrected chi connectivity index (χ3v) is 3.04. The molecule has 0 bridgehead atoms. The van der Waals surface area contributed by atoms with Crippen molar-refractivity contribution < 1.29 is 14.5 Å². The lowest BCUT2D eigenvalue weighted by Crippen LogP contribution is -2.14. The molecule has 0 heterocycles. The van der Waals surface area contributed by atoms with Crippen molar-refractivity contribution in [3.8, 4) is 5.75 Å². The van der Waals surface area contributed by atoms with Crippen LogP contribution in [-0.4, -0.2) is 17.9 Å². The molecule has 0 saturated carbocycles. The number of amides is 1. The quantitative estimate of drug-likeness (QED) is 0.691. The average Bonchev–Trinajstić information content (AvgIpc) is 2.48. The van der Waals surface area contributed by atoms with Crippen LogP contribution in [-0.2, 0) is 0 Å². The molecule has 1 N–H and O–H groups in total. The van der Waals surface area contributed by atoms with Crippen molar-refractivity contribution in [3.05, 3.63) is 63.7 Å². The number of carbonyl (C=O) groups is 1. The van der Waals surface area contributed by atoms with Gasteiger partial charge in [-0.3, -0.25) is 14.9 Å². The summed E-state index contributed by atoms with van der Waals surface area (Å²) in [6, 6.07) is 11.3. The molecule has 0 saturated heterocycles. The summed E-state index contributed by atoms with van der Waals surface area (Å²) < 4.78 is 5.01. The van der Waals surface area contributed by atoms with E-state index < -0.39 is 10.8 Å². The van der Waals surface area contributed by atoms with E-state index in [1.54, 1.807) is 12.1 Å². The molecule has 0 fully saturated rings. The van der Waals surface area contributed by atoms with Gasteiger partial charge in [-0.1, -0.05) is 18.2 Å². The van der Waals surface area contributed by atoms with Gasteiger partial charge in [-0.15, -0.1) is 0 Å². The van der Waals surface area contributed by atoms with E-state index in [0.717, 1.165) is 5.56 Å². The van der Waals surface area contributed by atoms with Crippen LogP contribution in [0.1, 0.15) is 15.9 Å². The lowest BCUT2D eigenvalue weighted by molar-refractivity contribution is -0.385. The Morgan fingerprint density at radius 3 is 2.57 bits per heavy atom. The van der Waals surface area contributed by atoms with Gasteiger partial charge in [0.25, 0.3) is 11.6 Å². The van der Waals surface area contributed by atoms with Gasteiger partial charge in [0, 0.05) is 11.8 Å². The van der Waals surface area contributed by atoms with Gasteiger partial charge >= 0.3 is 0 Å². The lowest BCUT2D eigenvalue weighted by Gasteiger charge is -2.09. The summed E-state index contributed by atoms with van der Waals surface area (Å²) >= 11 is 0. The van der Waals surface area contributed by atoms with E-state index >= 15 is 0 Å². The maximum atomic E-state index is 12.3. The monoisotopic (exact) mass is 286 g/mol. The van der Waals surface area contributed by atoms with Crippen LogP contribution in [0, 0.1) is 17.0 Å². The largest absolute Gasteiger partial charge is 0.497 e. The highest BCUT2D eigenvalue weighted by molar-refractivity contribution is 6.07. The van der Waals surface area contributed by atoms with Crippen LogP contribution in [0.15, 0.2) is 42.5 Å². The van der Waals surface area contributed by atoms with E-state index in [1.807, 2.05) is 19.1 Å². The van der Waals surface area contributed by atoms with E-state index in [-0.39, 0.29) is 11.3 Å². The fraction of sp³-hybridized carbons (Fsp3) is 0.133. The summed E-state index contributed by atoms with van der Waals surface area (Å²) in [5.74, 6) is -0.162. The molecular weight excluding hydrogens is 272 g/mol. The van der Waals surface area contributed by atoms with Crippen molar-refractivity contribution in [3.63, 3.8) is 0 Å². The fourth-order valence-corrected chi connectivity index (χ4v) is 1.89. The Morgan fingerprint density at radius 2 is 1.95 bits per heavy atom. The number of nitrogens with one attached hydrogen (secondary N) is 1. The molecule has 0 radical (unpaired) electrons. The molecule has 2 rings (SSSR count). The zero-order chi connectivity index (χ0) is 15.4. The fourth-order valence-electron chi connectivity index (χ4n) is 1.89. The molecular formula is C15H14N2O4. The normalized spacial score (nSPS) is 10.0. The van der Waals surface area contributed by atoms with Crippen LogP contribution < -0.4 is 10.1 Å². The number of hydrogen-bond donors (Lipinski definition) is 1. The Bertz CT molecular complexity index is 698. The van der Waals surface area contributed by atoms with Crippen molar-refractivity contribution >= 4 is 17.3 Å². The second-order valence-corrected chi connectivity index (χ2v) is 4.41. The van der Waals surface area contributed by atoms with Crippen LogP contribution in [0.2, 0.25) is 0 Å². The highest BCUT2D eigenvalue weighted by Crippen LogP contribution is 2.25. The van der Waals surface area contributed by atoms with Crippen LogP contribution in [0.5, 0.6) is 5.75 Å². The molecule has 21 heavy (non-hydrogen) atoms. The molecule has 0 aliphatic carbocycles. The van der Waals surface area contributed by atoms with Crippen molar-refractivity contribution in [1.29, 1.82) is 0 Å². The van der Waals surface area contributed by atoms with Crippen molar-refractivity contribution in [2.24, 2.45) is 0 Å². The van der Waals surface area contributed by atoms with Crippen molar-refractivity contribution in [1.82, 2.24) is 0 Å². The maximum Gasteiger partial charge on any atom is 0.282 e. The number of benzene rings is 2. The molecule has 0 aromatic heterocycles. The van der Waals surface area contributed by atoms with Gasteiger partial charge in [0.2, 0.25) is 0 Å². The second-order valence-electron chi connectivity index (χ2n) is 4.41. The minimum absolute atomic E-state index is 0.0393. The highest BCUT2D eigenvalue weighted by atomic mass is 16.6.